The Morgan fingerprint density at radius 3 is 2.10 bits per heavy atom. The number of rotatable bonds is 6. The van der Waals surface area contributed by atoms with Crippen molar-refractivity contribution in [3.05, 3.63) is 24.8 Å². The van der Waals surface area contributed by atoms with Gasteiger partial charge >= 0.3 is 0 Å². The first-order valence-electron chi connectivity index (χ1n) is 8.65. The van der Waals surface area contributed by atoms with Crippen molar-refractivity contribution in [2.45, 2.75) is 58.3 Å². The predicted molar refractivity (Wildman–Crippen MR) is 86.7 cm³/mol. The highest BCUT2D eigenvalue weighted by atomic mass is 16.5. The molecule has 0 atom stereocenters. The molecule has 0 bridgehead atoms. The maximum atomic E-state index is 5.62. The lowest BCUT2D eigenvalue weighted by Gasteiger charge is -2.37. The zero-order valence-corrected chi connectivity index (χ0v) is 13.2. The van der Waals surface area contributed by atoms with E-state index in [1.54, 1.807) is 0 Å². The second kappa shape index (κ2) is 8.67. The highest BCUT2D eigenvalue weighted by molar-refractivity contribution is 4.90. The van der Waals surface area contributed by atoms with Crippen LogP contribution in [-0.2, 0) is 4.74 Å². The molecule has 114 valence electrons. The van der Waals surface area contributed by atoms with Crippen molar-refractivity contribution in [2.75, 3.05) is 13.2 Å². The van der Waals surface area contributed by atoms with E-state index in [9.17, 15) is 0 Å². The summed E-state index contributed by atoms with van der Waals surface area (Å²) in [5, 5.41) is 0. The van der Waals surface area contributed by atoms with Crippen LogP contribution in [0, 0.1) is 23.7 Å². The summed E-state index contributed by atoms with van der Waals surface area (Å²) in [6.07, 6.45) is 18.0. The van der Waals surface area contributed by atoms with Gasteiger partial charge < -0.3 is 4.74 Å². The monoisotopic (exact) mass is 276 g/mol. The SMILES string of the molecule is C=CCOCC1CCC(C2CCC(C=CC)CC2)CC1. The lowest BCUT2D eigenvalue weighted by molar-refractivity contribution is 0.0800. The van der Waals surface area contributed by atoms with Crippen LogP contribution in [0.5, 0.6) is 0 Å². The van der Waals surface area contributed by atoms with Crippen LogP contribution in [0.3, 0.4) is 0 Å². The summed E-state index contributed by atoms with van der Waals surface area (Å²) in [5.41, 5.74) is 0. The maximum absolute atomic E-state index is 5.62. The molecule has 0 aliphatic heterocycles. The van der Waals surface area contributed by atoms with E-state index in [4.69, 9.17) is 4.74 Å². The topological polar surface area (TPSA) is 9.23 Å². The van der Waals surface area contributed by atoms with E-state index in [2.05, 4.69) is 25.7 Å². The molecular formula is C19H32O. The van der Waals surface area contributed by atoms with Crippen LogP contribution in [0.15, 0.2) is 24.8 Å². The fourth-order valence-electron chi connectivity index (χ4n) is 4.23. The second-order valence-corrected chi connectivity index (χ2v) is 6.81. The Kier molecular flexibility index (Phi) is 6.86. The van der Waals surface area contributed by atoms with Crippen molar-refractivity contribution >= 4 is 0 Å². The van der Waals surface area contributed by atoms with E-state index in [1.165, 1.54) is 51.4 Å². The van der Waals surface area contributed by atoms with Gasteiger partial charge in [-0.25, -0.2) is 0 Å². The second-order valence-electron chi connectivity index (χ2n) is 6.81. The molecule has 0 aromatic heterocycles. The van der Waals surface area contributed by atoms with Gasteiger partial charge in [0.2, 0.25) is 0 Å². The van der Waals surface area contributed by atoms with Gasteiger partial charge in [0.1, 0.15) is 0 Å². The van der Waals surface area contributed by atoms with Crippen LogP contribution in [0.25, 0.3) is 0 Å². The van der Waals surface area contributed by atoms with Crippen molar-refractivity contribution in [1.29, 1.82) is 0 Å². The van der Waals surface area contributed by atoms with Gasteiger partial charge in [0.05, 0.1) is 6.61 Å². The Labute approximate surface area is 125 Å². The van der Waals surface area contributed by atoms with Gasteiger partial charge in [0.15, 0.2) is 0 Å². The van der Waals surface area contributed by atoms with Crippen molar-refractivity contribution in [3.8, 4) is 0 Å². The van der Waals surface area contributed by atoms with E-state index < -0.39 is 0 Å². The summed E-state index contributed by atoms with van der Waals surface area (Å²) in [6, 6.07) is 0. The molecule has 2 fully saturated rings. The zero-order chi connectivity index (χ0) is 14.2. The van der Waals surface area contributed by atoms with Gasteiger partial charge in [-0.2, -0.15) is 0 Å². The normalized spacial score (nSPS) is 35.2. The minimum Gasteiger partial charge on any atom is -0.377 e. The van der Waals surface area contributed by atoms with Crippen LogP contribution >= 0.6 is 0 Å². The van der Waals surface area contributed by atoms with E-state index >= 15 is 0 Å². The molecule has 0 aromatic carbocycles. The van der Waals surface area contributed by atoms with Crippen LogP contribution in [0.4, 0.5) is 0 Å². The van der Waals surface area contributed by atoms with E-state index in [1.807, 2.05) is 6.08 Å². The van der Waals surface area contributed by atoms with Crippen LogP contribution < -0.4 is 0 Å². The number of allylic oxidation sites excluding steroid dienone is 2. The average Bonchev–Trinajstić information content (AvgIpc) is 2.49. The van der Waals surface area contributed by atoms with Crippen LogP contribution in [-0.4, -0.2) is 13.2 Å². The molecule has 1 nitrogen and oxygen atoms in total. The summed E-state index contributed by atoms with van der Waals surface area (Å²) in [6.45, 7) is 7.53. The van der Waals surface area contributed by atoms with Gasteiger partial charge in [-0.1, -0.05) is 18.2 Å². The molecule has 0 radical (unpaired) electrons. The fourth-order valence-corrected chi connectivity index (χ4v) is 4.23. The van der Waals surface area contributed by atoms with Gasteiger partial charge in [-0.15, -0.1) is 6.58 Å². The molecule has 0 spiro atoms. The van der Waals surface area contributed by atoms with Crippen molar-refractivity contribution < 1.29 is 4.74 Å². The molecule has 2 rings (SSSR count). The summed E-state index contributed by atoms with van der Waals surface area (Å²) >= 11 is 0. The first kappa shape index (κ1) is 15.8. The predicted octanol–water partition coefficient (Wildman–Crippen LogP) is 5.38. The van der Waals surface area contributed by atoms with E-state index in [0.717, 1.165) is 36.9 Å². The van der Waals surface area contributed by atoms with Crippen molar-refractivity contribution in [3.63, 3.8) is 0 Å². The zero-order valence-electron chi connectivity index (χ0n) is 13.2. The standard InChI is InChI=1S/C19H32O/c1-3-5-16-6-10-18(11-7-16)19-12-8-17(9-13-19)15-20-14-4-2/h3-5,16-19H,2,6-15H2,1H3. The number of hydrogen-bond donors (Lipinski definition) is 0. The molecule has 0 unspecified atom stereocenters. The lowest BCUT2D eigenvalue weighted by Crippen LogP contribution is -2.26. The quantitative estimate of drug-likeness (QED) is 0.467. The Morgan fingerprint density at radius 1 is 0.950 bits per heavy atom. The van der Waals surface area contributed by atoms with E-state index in [-0.39, 0.29) is 0 Å². The molecule has 0 amide bonds. The van der Waals surface area contributed by atoms with Gasteiger partial charge in [0, 0.05) is 6.61 Å². The van der Waals surface area contributed by atoms with E-state index in [0.29, 0.717) is 0 Å². The molecule has 0 aromatic rings. The Morgan fingerprint density at radius 2 is 1.55 bits per heavy atom. The molecule has 0 saturated heterocycles. The van der Waals surface area contributed by atoms with Gasteiger partial charge in [-0.3, -0.25) is 0 Å². The summed E-state index contributed by atoms with van der Waals surface area (Å²) in [7, 11) is 0. The molecule has 1 heteroatoms. The number of hydrogen-bond acceptors (Lipinski definition) is 1. The van der Waals surface area contributed by atoms with Crippen molar-refractivity contribution in [2.24, 2.45) is 23.7 Å². The Bertz CT molecular complexity index is 291. The van der Waals surface area contributed by atoms with Crippen LogP contribution in [0.1, 0.15) is 58.3 Å². The van der Waals surface area contributed by atoms with Gasteiger partial charge in [-0.05, 0) is 82.0 Å². The Balaban J connectivity index is 1.65. The summed E-state index contributed by atoms with van der Waals surface area (Å²) in [5.74, 6) is 3.72. The minimum absolute atomic E-state index is 0.717. The maximum Gasteiger partial charge on any atom is 0.0644 e. The Hall–Kier alpha value is -0.560. The minimum atomic E-state index is 0.717. The molecule has 2 aliphatic rings. The molecule has 0 N–H and O–H groups in total. The van der Waals surface area contributed by atoms with Crippen molar-refractivity contribution in [1.82, 2.24) is 0 Å². The smallest absolute Gasteiger partial charge is 0.0644 e. The highest BCUT2D eigenvalue weighted by Crippen LogP contribution is 2.41. The summed E-state index contributed by atoms with van der Waals surface area (Å²) < 4.78 is 5.62. The average molecular weight is 276 g/mol. The molecular weight excluding hydrogens is 244 g/mol. The molecule has 20 heavy (non-hydrogen) atoms. The summed E-state index contributed by atoms with van der Waals surface area (Å²) in [4.78, 5) is 0. The molecule has 2 saturated carbocycles. The molecule has 0 heterocycles. The number of ether oxygens (including phenoxy) is 1. The first-order chi connectivity index (χ1) is 9.83. The first-order valence-corrected chi connectivity index (χ1v) is 8.65. The van der Waals surface area contributed by atoms with Gasteiger partial charge in [0.25, 0.3) is 0 Å². The third-order valence-corrected chi connectivity index (χ3v) is 5.43. The lowest BCUT2D eigenvalue weighted by atomic mass is 9.69. The third kappa shape index (κ3) is 4.77. The molecule has 2 aliphatic carbocycles. The highest BCUT2D eigenvalue weighted by Gasteiger charge is 2.30. The third-order valence-electron chi connectivity index (χ3n) is 5.43. The largest absolute Gasteiger partial charge is 0.377 e. The fraction of sp³-hybridized carbons (Fsp3) is 0.789. The van der Waals surface area contributed by atoms with Crippen LogP contribution in [0.2, 0.25) is 0 Å².